The summed E-state index contributed by atoms with van der Waals surface area (Å²) in [6.45, 7) is 9.37. The molecule has 0 aliphatic heterocycles. The van der Waals surface area contributed by atoms with Crippen LogP contribution in [0.25, 0.3) is 0 Å². The molecule has 0 spiro atoms. The predicted octanol–water partition coefficient (Wildman–Crippen LogP) is 1.93. The van der Waals surface area contributed by atoms with Gasteiger partial charge < -0.3 is 20.2 Å². The average molecular weight is 324 g/mol. The predicted molar refractivity (Wildman–Crippen MR) is 88.2 cm³/mol. The molecule has 130 valence electrons. The Labute approximate surface area is 137 Å². The van der Waals surface area contributed by atoms with Crippen molar-refractivity contribution in [3.63, 3.8) is 0 Å². The van der Waals surface area contributed by atoms with Gasteiger partial charge in [0.1, 0.15) is 11.5 Å². The van der Waals surface area contributed by atoms with E-state index < -0.39 is 5.60 Å². The standard InChI is InChI=1S/C17H28N2O4/c1-11(2)6-7-17(5,22)10-19-15(20)9-18-16(21)14-8-12(3)23-13(14)4/h8,11,22H,6-7,9-10H2,1-5H3,(H,18,21)(H,19,20). The minimum Gasteiger partial charge on any atom is -0.466 e. The maximum absolute atomic E-state index is 12.0. The van der Waals surface area contributed by atoms with Gasteiger partial charge in [0.15, 0.2) is 0 Å². The van der Waals surface area contributed by atoms with Gasteiger partial charge in [-0.15, -0.1) is 0 Å². The number of hydrogen-bond acceptors (Lipinski definition) is 4. The first-order valence-electron chi connectivity index (χ1n) is 7.95. The molecule has 0 saturated carbocycles. The highest BCUT2D eigenvalue weighted by atomic mass is 16.3. The Balaban J connectivity index is 2.37. The summed E-state index contributed by atoms with van der Waals surface area (Å²) >= 11 is 0. The summed E-state index contributed by atoms with van der Waals surface area (Å²) < 4.78 is 5.29. The van der Waals surface area contributed by atoms with E-state index in [1.54, 1.807) is 26.8 Å². The Hall–Kier alpha value is -1.82. The summed E-state index contributed by atoms with van der Waals surface area (Å²) in [4.78, 5) is 23.8. The Kier molecular flexibility index (Phi) is 6.81. The van der Waals surface area contributed by atoms with E-state index in [4.69, 9.17) is 4.42 Å². The zero-order valence-electron chi connectivity index (χ0n) is 14.7. The number of rotatable bonds is 8. The smallest absolute Gasteiger partial charge is 0.255 e. The summed E-state index contributed by atoms with van der Waals surface area (Å²) in [5.41, 5.74) is -0.512. The van der Waals surface area contributed by atoms with Gasteiger partial charge in [-0.25, -0.2) is 0 Å². The Morgan fingerprint density at radius 3 is 2.48 bits per heavy atom. The lowest BCUT2D eigenvalue weighted by Gasteiger charge is -2.24. The van der Waals surface area contributed by atoms with Crippen molar-refractivity contribution in [1.29, 1.82) is 0 Å². The van der Waals surface area contributed by atoms with Crippen LogP contribution in [0.1, 0.15) is 55.5 Å². The van der Waals surface area contributed by atoms with Crippen molar-refractivity contribution in [2.24, 2.45) is 5.92 Å². The van der Waals surface area contributed by atoms with E-state index in [9.17, 15) is 14.7 Å². The summed E-state index contributed by atoms with van der Waals surface area (Å²) in [6, 6.07) is 1.64. The van der Waals surface area contributed by atoms with Crippen LogP contribution in [-0.2, 0) is 4.79 Å². The lowest BCUT2D eigenvalue weighted by atomic mass is 9.95. The SMILES string of the molecule is Cc1cc(C(=O)NCC(=O)NCC(C)(O)CCC(C)C)c(C)o1. The number of aryl methyl sites for hydroxylation is 2. The monoisotopic (exact) mass is 324 g/mol. The van der Waals surface area contributed by atoms with Gasteiger partial charge in [0, 0.05) is 6.54 Å². The lowest BCUT2D eigenvalue weighted by molar-refractivity contribution is -0.121. The van der Waals surface area contributed by atoms with E-state index in [2.05, 4.69) is 24.5 Å². The molecule has 3 N–H and O–H groups in total. The fourth-order valence-electron chi connectivity index (χ4n) is 2.15. The molecule has 1 rings (SSSR count). The van der Waals surface area contributed by atoms with Gasteiger partial charge in [0.25, 0.3) is 5.91 Å². The molecule has 0 fully saturated rings. The number of nitrogens with one attached hydrogen (secondary N) is 2. The first-order chi connectivity index (χ1) is 10.6. The highest BCUT2D eigenvalue weighted by molar-refractivity contribution is 5.97. The van der Waals surface area contributed by atoms with Crippen molar-refractivity contribution >= 4 is 11.8 Å². The van der Waals surface area contributed by atoms with Crippen LogP contribution < -0.4 is 10.6 Å². The van der Waals surface area contributed by atoms with Crippen LogP contribution in [0.3, 0.4) is 0 Å². The zero-order valence-corrected chi connectivity index (χ0v) is 14.7. The average Bonchev–Trinajstić information content (AvgIpc) is 2.79. The summed E-state index contributed by atoms with van der Waals surface area (Å²) in [5, 5.41) is 15.4. The van der Waals surface area contributed by atoms with Crippen molar-refractivity contribution in [3.8, 4) is 0 Å². The van der Waals surface area contributed by atoms with Gasteiger partial charge in [-0.2, -0.15) is 0 Å². The van der Waals surface area contributed by atoms with Crippen molar-refractivity contribution in [2.75, 3.05) is 13.1 Å². The fourth-order valence-corrected chi connectivity index (χ4v) is 2.15. The number of carbonyl (C=O) groups is 2. The molecule has 6 heteroatoms. The maximum atomic E-state index is 12.0. The molecule has 0 aliphatic carbocycles. The molecule has 1 unspecified atom stereocenters. The normalized spacial score (nSPS) is 13.7. The quantitative estimate of drug-likeness (QED) is 0.681. The van der Waals surface area contributed by atoms with Crippen molar-refractivity contribution < 1.29 is 19.1 Å². The van der Waals surface area contributed by atoms with Crippen molar-refractivity contribution in [1.82, 2.24) is 10.6 Å². The lowest BCUT2D eigenvalue weighted by Crippen LogP contribution is -2.44. The van der Waals surface area contributed by atoms with Crippen LogP contribution in [0.5, 0.6) is 0 Å². The molecule has 0 radical (unpaired) electrons. The second-order valence-electron chi connectivity index (χ2n) is 6.72. The highest BCUT2D eigenvalue weighted by Gasteiger charge is 2.21. The van der Waals surface area contributed by atoms with Gasteiger partial charge >= 0.3 is 0 Å². The molecule has 0 saturated heterocycles. The minimum atomic E-state index is -0.942. The molecule has 23 heavy (non-hydrogen) atoms. The van der Waals surface area contributed by atoms with E-state index in [1.165, 1.54) is 0 Å². The second kappa shape index (κ2) is 8.15. The van der Waals surface area contributed by atoms with Crippen molar-refractivity contribution in [2.45, 2.75) is 53.1 Å². The van der Waals surface area contributed by atoms with Crippen LogP contribution >= 0.6 is 0 Å². The minimum absolute atomic E-state index is 0.136. The van der Waals surface area contributed by atoms with Gasteiger partial charge in [-0.1, -0.05) is 13.8 Å². The highest BCUT2D eigenvalue weighted by Crippen LogP contribution is 2.15. The third-order valence-electron chi connectivity index (χ3n) is 3.62. The van der Waals surface area contributed by atoms with Crippen molar-refractivity contribution in [3.05, 3.63) is 23.2 Å². The Morgan fingerprint density at radius 1 is 1.30 bits per heavy atom. The first-order valence-corrected chi connectivity index (χ1v) is 7.95. The van der Waals surface area contributed by atoms with E-state index in [1.807, 2.05) is 0 Å². The summed E-state index contributed by atoms with van der Waals surface area (Å²) in [5.74, 6) is 0.996. The van der Waals surface area contributed by atoms with E-state index >= 15 is 0 Å². The van der Waals surface area contributed by atoms with Gasteiger partial charge in [0.2, 0.25) is 5.91 Å². The number of furan rings is 1. The Morgan fingerprint density at radius 2 is 1.96 bits per heavy atom. The first kappa shape index (κ1) is 19.2. The van der Waals surface area contributed by atoms with Gasteiger partial charge in [0.05, 0.1) is 17.7 Å². The molecule has 1 heterocycles. The second-order valence-corrected chi connectivity index (χ2v) is 6.72. The molecular weight excluding hydrogens is 296 g/mol. The number of amides is 2. The molecule has 6 nitrogen and oxygen atoms in total. The number of aliphatic hydroxyl groups is 1. The van der Waals surface area contributed by atoms with E-state index in [0.717, 1.165) is 6.42 Å². The molecule has 2 amide bonds. The fraction of sp³-hybridized carbons (Fsp3) is 0.647. The molecule has 1 aromatic rings. The topological polar surface area (TPSA) is 91.6 Å². The Bertz CT molecular complexity index is 547. The number of carbonyl (C=O) groups excluding carboxylic acids is 2. The summed E-state index contributed by atoms with van der Waals surface area (Å²) in [6.07, 6.45) is 1.50. The molecule has 1 aromatic heterocycles. The van der Waals surface area contributed by atoms with Crippen LogP contribution in [0, 0.1) is 19.8 Å². The molecule has 0 aliphatic rings. The third-order valence-corrected chi connectivity index (χ3v) is 3.62. The van der Waals surface area contributed by atoms with Gasteiger partial charge in [-0.05, 0) is 45.6 Å². The molecule has 0 bridgehead atoms. The van der Waals surface area contributed by atoms with Crippen LogP contribution in [0.2, 0.25) is 0 Å². The van der Waals surface area contributed by atoms with Crippen LogP contribution in [-0.4, -0.2) is 35.6 Å². The molecule has 0 aromatic carbocycles. The number of hydrogen-bond donors (Lipinski definition) is 3. The van der Waals surface area contributed by atoms with Crippen LogP contribution in [0.4, 0.5) is 0 Å². The molecule has 1 atom stereocenters. The maximum Gasteiger partial charge on any atom is 0.255 e. The van der Waals surface area contributed by atoms with Crippen LogP contribution in [0.15, 0.2) is 10.5 Å². The zero-order chi connectivity index (χ0) is 17.6. The van der Waals surface area contributed by atoms with E-state index in [0.29, 0.717) is 29.4 Å². The third kappa shape index (κ3) is 6.86. The van der Waals surface area contributed by atoms with Gasteiger partial charge in [-0.3, -0.25) is 9.59 Å². The molecular formula is C17H28N2O4. The largest absolute Gasteiger partial charge is 0.466 e. The van der Waals surface area contributed by atoms with E-state index in [-0.39, 0.29) is 24.9 Å². The summed E-state index contributed by atoms with van der Waals surface area (Å²) in [7, 11) is 0.